The van der Waals surface area contributed by atoms with Gasteiger partial charge in [-0.1, -0.05) is 17.7 Å². The van der Waals surface area contributed by atoms with E-state index in [1.807, 2.05) is 0 Å². The summed E-state index contributed by atoms with van der Waals surface area (Å²) >= 11 is 7.12. The van der Waals surface area contributed by atoms with Gasteiger partial charge in [0.05, 0.1) is 17.9 Å². The van der Waals surface area contributed by atoms with Crippen molar-refractivity contribution in [2.45, 2.75) is 4.21 Å². The van der Waals surface area contributed by atoms with E-state index in [1.165, 1.54) is 13.1 Å². The lowest BCUT2D eigenvalue weighted by atomic mass is 10.2. The number of likely N-dealkylation sites (N-methyl/N-ethyl adjacent to an activating group) is 1. The van der Waals surface area contributed by atoms with Gasteiger partial charge < -0.3 is 5.32 Å². The second kappa shape index (κ2) is 7.58. The molecule has 2 aromatic heterocycles. The lowest BCUT2D eigenvalue weighted by molar-refractivity contribution is -0.116. The number of thiophene rings is 1. The SMILES string of the molecule is CN(CC(=O)Nc1cc(Cl)ccc1-n1cccn1)S(=O)(=O)c1cccs1. The maximum atomic E-state index is 12.4. The molecule has 0 saturated heterocycles. The third kappa shape index (κ3) is 3.96. The molecule has 1 aromatic carbocycles. The highest BCUT2D eigenvalue weighted by molar-refractivity contribution is 7.91. The van der Waals surface area contributed by atoms with Crippen LogP contribution in [0.1, 0.15) is 0 Å². The van der Waals surface area contributed by atoms with Gasteiger partial charge in [0.25, 0.3) is 10.0 Å². The molecule has 2 heterocycles. The van der Waals surface area contributed by atoms with Crippen LogP contribution in [0.15, 0.2) is 58.4 Å². The van der Waals surface area contributed by atoms with Gasteiger partial charge in [0, 0.05) is 24.5 Å². The van der Waals surface area contributed by atoms with Gasteiger partial charge in [-0.15, -0.1) is 11.3 Å². The molecule has 0 fully saturated rings. The van der Waals surface area contributed by atoms with Crippen molar-refractivity contribution in [3.05, 3.63) is 59.2 Å². The maximum Gasteiger partial charge on any atom is 0.252 e. The summed E-state index contributed by atoms with van der Waals surface area (Å²) in [6.07, 6.45) is 3.34. The van der Waals surface area contributed by atoms with Gasteiger partial charge in [0.2, 0.25) is 5.91 Å². The van der Waals surface area contributed by atoms with Crippen molar-refractivity contribution in [1.82, 2.24) is 14.1 Å². The molecule has 3 aromatic rings. The summed E-state index contributed by atoms with van der Waals surface area (Å²) in [5.74, 6) is -0.483. The van der Waals surface area contributed by atoms with Gasteiger partial charge in [0.1, 0.15) is 4.21 Å². The quantitative estimate of drug-likeness (QED) is 0.677. The molecule has 0 unspecified atom stereocenters. The molecule has 0 radical (unpaired) electrons. The molecule has 1 amide bonds. The molecule has 3 rings (SSSR count). The normalized spacial score (nSPS) is 11.7. The molecule has 0 aliphatic carbocycles. The van der Waals surface area contributed by atoms with Crippen molar-refractivity contribution in [3.8, 4) is 5.69 Å². The standard InChI is InChI=1S/C16H15ClN4O3S2/c1-20(26(23,24)16-4-2-9-25-16)11-15(22)19-13-10-12(17)5-6-14(13)21-8-3-7-18-21/h2-10H,11H2,1H3,(H,19,22). The number of amides is 1. The smallest absolute Gasteiger partial charge is 0.252 e. The van der Waals surface area contributed by atoms with Gasteiger partial charge in [-0.05, 0) is 35.7 Å². The maximum absolute atomic E-state index is 12.4. The molecule has 0 spiro atoms. The van der Waals surface area contributed by atoms with E-state index in [0.29, 0.717) is 16.4 Å². The second-order valence-electron chi connectivity index (χ2n) is 5.35. The van der Waals surface area contributed by atoms with Crippen molar-refractivity contribution in [2.24, 2.45) is 0 Å². The van der Waals surface area contributed by atoms with E-state index >= 15 is 0 Å². The highest BCUT2D eigenvalue weighted by Gasteiger charge is 2.24. The number of carbonyl (C=O) groups excluding carboxylic acids is 1. The largest absolute Gasteiger partial charge is 0.323 e. The Bertz CT molecular complexity index is 1000. The molecule has 0 bridgehead atoms. The van der Waals surface area contributed by atoms with Crippen molar-refractivity contribution >= 4 is 44.6 Å². The number of hydrogen-bond donors (Lipinski definition) is 1. The molecule has 26 heavy (non-hydrogen) atoms. The summed E-state index contributed by atoms with van der Waals surface area (Å²) in [6, 6.07) is 9.89. The number of aromatic nitrogens is 2. The van der Waals surface area contributed by atoms with E-state index < -0.39 is 15.9 Å². The second-order valence-corrected chi connectivity index (χ2v) is 9.01. The lowest BCUT2D eigenvalue weighted by Gasteiger charge is -2.17. The van der Waals surface area contributed by atoms with Crippen LogP contribution in [-0.2, 0) is 14.8 Å². The molecule has 10 heteroatoms. The number of sulfonamides is 1. The molecule has 0 aliphatic heterocycles. The minimum Gasteiger partial charge on any atom is -0.323 e. The average Bonchev–Trinajstić information content (AvgIpc) is 3.29. The third-order valence-corrected chi connectivity index (χ3v) is 6.92. The number of carbonyl (C=O) groups is 1. The molecule has 0 aliphatic rings. The van der Waals surface area contributed by atoms with Gasteiger partial charge in [-0.2, -0.15) is 9.40 Å². The minimum atomic E-state index is -3.70. The van der Waals surface area contributed by atoms with E-state index in [0.717, 1.165) is 15.6 Å². The van der Waals surface area contributed by atoms with E-state index in [4.69, 9.17) is 11.6 Å². The topological polar surface area (TPSA) is 84.3 Å². The molecule has 1 N–H and O–H groups in total. The summed E-state index contributed by atoms with van der Waals surface area (Å²) in [5.41, 5.74) is 1.06. The Balaban J connectivity index is 1.78. The number of nitrogens with zero attached hydrogens (tertiary/aromatic N) is 3. The Labute approximate surface area is 159 Å². The van der Waals surface area contributed by atoms with Crippen molar-refractivity contribution in [2.75, 3.05) is 18.9 Å². The summed E-state index contributed by atoms with van der Waals surface area (Å²) in [6.45, 7) is -0.328. The van der Waals surface area contributed by atoms with Crippen LogP contribution in [0, 0.1) is 0 Å². The lowest BCUT2D eigenvalue weighted by Crippen LogP contribution is -2.34. The number of rotatable bonds is 6. The third-order valence-electron chi connectivity index (χ3n) is 3.51. The van der Waals surface area contributed by atoms with Crippen LogP contribution >= 0.6 is 22.9 Å². The average molecular weight is 411 g/mol. The molecule has 136 valence electrons. The van der Waals surface area contributed by atoms with Crippen LogP contribution in [0.3, 0.4) is 0 Å². The number of benzene rings is 1. The molecule has 0 saturated carbocycles. The molecule has 7 nitrogen and oxygen atoms in total. The Morgan fingerprint density at radius 1 is 1.35 bits per heavy atom. The number of anilines is 1. The summed E-state index contributed by atoms with van der Waals surface area (Å²) in [4.78, 5) is 12.4. The minimum absolute atomic E-state index is 0.188. The highest BCUT2D eigenvalue weighted by Crippen LogP contribution is 2.24. The van der Waals surface area contributed by atoms with E-state index in [1.54, 1.807) is 52.8 Å². The van der Waals surface area contributed by atoms with Gasteiger partial charge in [-0.25, -0.2) is 13.1 Å². The van der Waals surface area contributed by atoms with Crippen LogP contribution in [0.4, 0.5) is 5.69 Å². The first-order valence-electron chi connectivity index (χ1n) is 7.47. The van der Waals surface area contributed by atoms with Crippen LogP contribution in [0.5, 0.6) is 0 Å². The Kier molecular flexibility index (Phi) is 5.42. The van der Waals surface area contributed by atoms with Crippen molar-refractivity contribution in [1.29, 1.82) is 0 Å². The molecular weight excluding hydrogens is 396 g/mol. The number of nitrogens with one attached hydrogen (secondary N) is 1. The number of halogens is 1. The zero-order valence-corrected chi connectivity index (χ0v) is 16.1. The van der Waals surface area contributed by atoms with Crippen molar-refractivity contribution in [3.63, 3.8) is 0 Å². The summed E-state index contributed by atoms with van der Waals surface area (Å²) < 4.78 is 27.6. The van der Waals surface area contributed by atoms with Gasteiger partial charge in [-0.3, -0.25) is 4.79 Å². The Hall–Kier alpha value is -2.20. The van der Waals surface area contributed by atoms with Crippen LogP contribution in [-0.4, -0.2) is 42.0 Å². The molecule has 0 atom stereocenters. The van der Waals surface area contributed by atoms with Gasteiger partial charge >= 0.3 is 0 Å². The fraction of sp³-hybridized carbons (Fsp3) is 0.125. The number of hydrogen-bond acceptors (Lipinski definition) is 5. The highest BCUT2D eigenvalue weighted by atomic mass is 35.5. The predicted octanol–water partition coefficient (Wildman–Crippen LogP) is 2.85. The van der Waals surface area contributed by atoms with Gasteiger partial charge in [0.15, 0.2) is 0 Å². The van der Waals surface area contributed by atoms with Crippen LogP contribution in [0.25, 0.3) is 5.69 Å². The van der Waals surface area contributed by atoms with E-state index in [9.17, 15) is 13.2 Å². The summed E-state index contributed by atoms with van der Waals surface area (Å²) in [7, 11) is -2.33. The first-order valence-corrected chi connectivity index (χ1v) is 10.2. The first kappa shape index (κ1) is 18.6. The van der Waals surface area contributed by atoms with Crippen LogP contribution in [0.2, 0.25) is 5.02 Å². The monoisotopic (exact) mass is 410 g/mol. The fourth-order valence-corrected chi connectivity index (χ4v) is 4.76. The first-order chi connectivity index (χ1) is 12.4. The fourth-order valence-electron chi connectivity index (χ4n) is 2.26. The summed E-state index contributed by atoms with van der Waals surface area (Å²) in [5, 5.41) is 8.95. The molecular formula is C16H15ClN4O3S2. The van der Waals surface area contributed by atoms with Crippen LogP contribution < -0.4 is 5.32 Å². The Morgan fingerprint density at radius 2 is 2.15 bits per heavy atom. The predicted molar refractivity (Wildman–Crippen MR) is 101 cm³/mol. The zero-order valence-electron chi connectivity index (χ0n) is 13.7. The van der Waals surface area contributed by atoms with E-state index in [2.05, 4.69) is 10.4 Å². The van der Waals surface area contributed by atoms with E-state index in [-0.39, 0.29) is 10.8 Å². The zero-order chi connectivity index (χ0) is 18.7. The van der Waals surface area contributed by atoms with Crippen molar-refractivity contribution < 1.29 is 13.2 Å². The Morgan fingerprint density at radius 3 is 2.81 bits per heavy atom.